The molecule has 1 fully saturated rings. The fourth-order valence-corrected chi connectivity index (χ4v) is 3.87. The first kappa shape index (κ1) is 18.2. The lowest BCUT2D eigenvalue weighted by atomic mass is 10.0. The summed E-state index contributed by atoms with van der Waals surface area (Å²) in [5, 5.41) is 0.317. The number of rotatable bonds is 2. The Labute approximate surface area is 161 Å². The van der Waals surface area contributed by atoms with Crippen molar-refractivity contribution in [2.24, 2.45) is 14.1 Å². The number of hydrogen-bond acceptors (Lipinski definition) is 4. The van der Waals surface area contributed by atoms with Gasteiger partial charge in [-0.2, -0.15) is 0 Å². The van der Waals surface area contributed by atoms with E-state index in [0.717, 1.165) is 23.0 Å². The second kappa shape index (κ2) is 6.74. The molecule has 0 N–H and O–H groups in total. The molecule has 28 heavy (non-hydrogen) atoms. The highest BCUT2D eigenvalue weighted by Gasteiger charge is 2.31. The number of benzene rings is 1. The van der Waals surface area contributed by atoms with Gasteiger partial charge >= 0.3 is 5.69 Å². The van der Waals surface area contributed by atoms with E-state index in [1.165, 1.54) is 17.2 Å². The van der Waals surface area contributed by atoms with Crippen LogP contribution in [0.4, 0.5) is 0 Å². The second-order valence-electron chi connectivity index (χ2n) is 7.34. The van der Waals surface area contributed by atoms with Gasteiger partial charge in [0.15, 0.2) is 0 Å². The number of nitrogens with zero attached hydrogens (tertiary/aromatic N) is 4. The van der Waals surface area contributed by atoms with Crippen LogP contribution in [-0.4, -0.2) is 31.5 Å². The van der Waals surface area contributed by atoms with Gasteiger partial charge in [-0.1, -0.05) is 29.8 Å². The first-order valence-corrected chi connectivity index (χ1v) is 9.33. The lowest BCUT2D eigenvalue weighted by molar-refractivity contribution is 0.0730. The van der Waals surface area contributed by atoms with Crippen molar-refractivity contribution in [3.8, 4) is 0 Å². The lowest BCUT2D eigenvalue weighted by Crippen LogP contribution is -2.38. The number of pyridine rings is 1. The molecule has 0 aliphatic carbocycles. The minimum atomic E-state index is -0.465. The standard InChI is InChI=1S/C21H22N4O3/c1-13-6-8-14(9-7-13)17-5-4-12-25(17)20(27)16-11-10-15-18(22-16)23(2)21(28)24(3)19(15)26/h6-11,17H,4-5,12H2,1-3H3. The molecule has 1 aromatic carbocycles. The molecule has 7 heteroatoms. The highest BCUT2D eigenvalue weighted by molar-refractivity contribution is 5.94. The van der Waals surface area contributed by atoms with Gasteiger partial charge in [0.05, 0.1) is 11.4 Å². The van der Waals surface area contributed by atoms with Gasteiger partial charge in [-0.25, -0.2) is 9.78 Å². The van der Waals surface area contributed by atoms with Crippen molar-refractivity contribution in [2.45, 2.75) is 25.8 Å². The molecule has 1 amide bonds. The summed E-state index contributed by atoms with van der Waals surface area (Å²) in [7, 11) is 2.98. The quantitative estimate of drug-likeness (QED) is 0.683. The van der Waals surface area contributed by atoms with E-state index in [1.807, 2.05) is 11.8 Å². The van der Waals surface area contributed by atoms with E-state index in [9.17, 15) is 14.4 Å². The minimum Gasteiger partial charge on any atom is -0.330 e. The van der Waals surface area contributed by atoms with Gasteiger partial charge in [0.2, 0.25) is 0 Å². The topological polar surface area (TPSA) is 77.2 Å². The summed E-state index contributed by atoms with van der Waals surface area (Å²) >= 11 is 0. The zero-order valence-corrected chi connectivity index (χ0v) is 16.2. The molecule has 7 nitrogen and oxygen atoms in total. The van der Waals surface area contributed by atoms with E-state index in [4.69, 9.17) is 0 Å². The molecule has 3 aromatic rings. The van der Waals surface area contributed by atoms with Crippen LogP contribution >= 0.6 is 0 Å². The van der Waals surface area contributed by atoms with Crippen LogP contribution in [0.3, 0.4) is 0 Å². The van der Waals surface area contributed by atoms with Crippen molar-refractivity contribution in [3.63, 3.8) is 0 Å². The monoisotopic (exact) mass is 378 g/mol. The van der Waals surface area contributed by atoms with Crippen LogP contribution in [0.15, 0.2) is 46.0 Å². The highest BCUT2D eigenvalue weighted by atomic mass is 16.2. The fourth-order valence-electron chi connectivity index (χ4n) is 3.87. The van der Waals surface area contributed by atoms with E-state index < -0.39 is 11.2 Å². The zero-order valence-electron chi connectivity index (χ0n) is 16.2. The Hall–Kier alpha value is -3.22. The number of aromatic nitrogens is 3. The van der Waals surface area contributed by atoms with Crippen molar-refractivity contribution in [2.75, 3.05) is 6.54 Å². The van der Waals surface area contributed by atoms with Crippen molar-refractivity contribution in [1.82, 2.24) is 19.0 Å². The van der Waals surface area contributed by atoms with Gasteiger partial charge in [-0.3, -0.25) is 18.7 Å². The maximum atomic E-state index is 13.2. The third-order valence-corrected chi connectivity index (χ3v) is 5.50. The lowest BCUT2D eigenvalue weighted by Gasteiger charge is -2.25. The summed E-state index contributed by atoms with van der Waals surface area (Å²) in [5.74, 6) is -0.182. The molecule has 1 aliphatic heterocycles. The molecular weight excluding hydrogens is 356 g/mol. The number of carbonyl (C=O) groups is 1. The Morgan fingerprint density at radius 2 is 1.75 bits per heavy atom. The molecular formula is C21H22N4O3. The van der Waals surface area contributed by atoms with E-state index in [1.54, 1.807) is 19.2 Å². The smallest absolute Gasteiger partial charge is 0.330 e. The van der Waals surface area contributed by atoms with Gasteiger partial charge in [0.25, 0.3) is 11.5 Å². The molecule has 0 saturated carbocycles. The minimum absolute atomic E-state index is 0.0121. The molecule has 4 rings (SSSR count). The first-order valence-electron chi connectivity index (χ1n) is 9.33. The van der Waals surface area contributed by atoms with Crippen LogP contribution in [0.1, 0.15) is 40.5 Å². The predicted molar refractivity (Wildman–Crippen MR) is 106 cm³/mol. The van der Waals surface area contributed by atoms with Crippen LogP contribution in [0.2, 0.25) is 0 Å². The molecule has 144 valence electrons. The second-order valence-corrected chi connectivity index (χ2v) is 7.34. The molecule has 1 unspecified atom stereocenters. The van der Waals surface area contributed by atoms with Crippen LogP contribution < -0.4 is 11.2 Å². The summed E-state index contributed by atoms with van der Waals surface area (Å²) in [6.45, 7) is 2.70. The Morgan fingerprint density at radius 3 is 2.46 bits per heavy atom. The number of fused-ring (bicyclic) bond motifs is 1. The van der Waals surface area contributed by atoms with Gasteiger partial charge in [0, 0.05) is 20.6 Å². The maximum Gasteiger partial charge on any atom is 0.332 e. The van der Waals surface area contributed by atoms with Gasteiger partial charge in [-0.15, -0.1) is 0 Å². The van der Waals surface area contributed by atoms with Crippen LogP contribution in [0.25, 0.3) is 11.0 Å². The molecule has 2 aromatic heterocycles. The zero-order chi connectivity index (χ0) is 20.0. The number of aryl methyl sites for hydroxylation is 2. The van der Waals surface area contributed by atoms with E-state index >= 15 is 0 Å². The molecule has 1 aliphatic rings. The van der Waals surface area contributed by atoms with Gasteiger partial charge in [0.1, 0.15) is 11.3 Å². The summed E-state index contributed by atoms with van der Waals surface area (Å²) in [6, 6.07) is 11.4. The number of hydrogen-bond donors (Lipinski definition) is 0. The highest BCUT2D eigenvalue weighted by Crippen LogP contribution is 2.33. The summed E-state index contributed by atoms with van der Waals surface area (Å²) in [6.07, 6.45) is 1.83. The van der Waals surface area contributed by atoms with E-state index in [-0.39, 0.29) is 23.3 Å². The molecule has 1 saturated heterocycles. The van der Waals surface area contributed by atoms with Crippen molar-refractivity contribution < 1.29 is 4.79 Å². The predicted octanol–water partition coefficient (Wildman–Crippen LogP) is 1.92. The SMILES string of the molecule is Cc1ccc(C2CCCN2C(=O)c2ccc3c(=O)n(C)c(=O)n(C)c3n2)cc1. The Morgan fingerprint density at radius 1 is 1.04 bits per heavy atom. The van der Waals surface area contributed by atoms with Gasteiger partial charge < -0.3 is 4.90 Å². The van der Waals surface area contributed by atoms with Crippen molar-refractivity contribution in [3.05, 3.63) is 74.1 Å². The average molecular weight is 378 g/mol. The van der Waals surface area contributed by atoms with E-state index in [0.29, 0.717) is 11.9 Å². The Kier molecular flexibility index (Phi) is 4.37. The molecule has 0 bridgehead atoms. The fraction of sp³-hybridized carbons (Fsp3) is 0.333. The molecule has 0 spiro atoms. The van der Waals surface area contributed by atoms with Crippen molar-refractivity contribution >= 4 is 16.9 Å². The first-order chi connectivity index (χ1) is 13.4. The molecule has 1 atom stereocenters. The number of amides is 1. The number of carbonyl (C=O) groups excluding carboxylic acids is 1. The third kappa shape index (κ3) is 2.83. The van der Waals surface area contributed by atoms with E-state index in [2.05, 4.69) is 29.2 Å². The summed E-state index contributed by atoms with van der Waals surface area (Å²) in [5.41, 5.74) is 1.88. The normalized spacial score (nSPS) is 16.7. The average Bonchev–Trinajstić information content (AvgIpc) is 3.20. The Balaban J connectivity index is 1.75. The van der Waals surface area contributed by atoms with Gasteiger partial charge in [-0.05, 0) is 37.5 Å². The summed E-state index contributed by atoms with van der Waals surface area (Å²) in [4.78, 5) is 43.9. The van der Waals surface area contributed by atoms with Crippen LogP contribution in [-0.2, 0) is 14.1 Å². The van der Waals surface area contributed by atoms with Crippen molar-refractivity contribution in [1.29, 1.82) is 0 Å². The third-order valence-electron chi connectivity index (χ3n) is 5.50. The van der Waals surface area contributed by atoms with Crippen LogP contribution in [0.5, 0.6) is 0 Å². The largest absolute Gasteiger partial charge is 0.332 e. The molecule has 3 heterocycles. The molecule has 0 radical (unpaired) electrons. The maximum absolute atomic E-state index is 13.2. The number of likely N-dealkylation sites (tertiary alicyclic amines) is 1. The Bertz CT molecular complexity index is 1190. The van der Waals surface area contributed by atoms with Crippen LogP contribution in [0, 0.1) is 6.92 Å². The summed E-state index contributed by atoms with van der Waals surface area (Å²) < 4.78 is 2.34.